The second-order valence-electron chi connectivity index (χ2n) is 4.18. The Morgan fingerprint density at radius 3 is 2.89 bits per heavy atom. The molecule has 0 unspecified atom stereocenters. The Morgan fingerprint density at radius 1 is 1.32 bits per heavy atom. The Bertz CT molecular complexity index is 557. The monoisotopic (exact) mass is 258 g/mol. The van der Waals surface area contributed by atoms with Crippen molar-refractivity contribution >= 4 is 11.5 Å². The van der Waals surface area contributed by atoms with Crippen LogP contribution in [0.5, 0.6) is 5.88 Å². The minimum absolute atomic E-state index is 0.590. The first-order chi connectivity index (χ1) is 9.20. The molecular formula is C14H18N4O. The summed E-state index contributed by atoms with van der Waals surface area (Å²) >= 11 is 0. The summed E-state index contributed by atoms with van der Waals surface area (Å²) < 4.78 is 5.44. The van der Waals surface area contributed by atoms with Crippen LogP contribution in [0.15, 0.2) is 30.6 Å². The number of rotatable bonds is 5. The van der Waals surface area contributed by atoms with E-state index >= 15 is 0 Å². The molecule has 19 heavy (non-hydrogen) atoms. The van der Waals surface area contributed by atoms with E-state index in [-0.39, 0.29) is 0 Å². The fourth-order valence-electron chi connectivity index (χ4n) is 1.78. The van der Waals surface area contributed by atoms with Gasteiger partial charge in [0, 0.05) is 12.2 Å². The maximum Gasteiger partial charge on any atom is 0.221 e. The fourth-order valence-corrected chi connectivity index (χ4v) is 1.78. The minimum Gasteiger partial charge on any atom is -0.478 e. The molecule has 0 fully saturated rings. The molecule has 0 amide bonds. The molecule has 2 rings (SSSR count). The lowest BCUT2D eigenvalue weighted by Gasteiger charge is -2.11. The van der Waals surface area contributed by atoms with Crippen molar-refractivity contribution in [2.75, 3.05) is 17.7 Å². The van der Waals surface area contributed by atoms with Crippen molar-refractivity contribution in [1.29, 1.82) is 0 Å². The second-order valence-corrected chi connectivity index (χ2v) is 4.18. The van der Waals surface area contributed by atoms with Crippen LogP contribution in [0, 0.1) is 6.92 Å². The third-order valence-corrected chi connectivity index (χ3v) is 2.73. The van der Waals surface area contributed by atoms with Gasteiger partial charge in [0.1, 0.15) is 12.1 Å². The molecule has 0 radical (unpaired) electrons. The van der Waals surface area contributed by atoms with Gasteiger partial charge in [-0.1, -0.05) is 12.1 Å². The molecule has 5 nitrogen and oxygen atoms in total. The third-order valence-electron chi connectivity index (χ3n) is 2.73. The number of nitrogens with one attached hydrogen (secondary N) is 1. The van der Waals surface area contributed by atoms with Crippen molar-refractivity contribution in [1.82, 2.24) is 9.97 Å². The van der Waals surface area contributed by atoms with E-state index < -0.39 is 0 Å². The molecule has 0 aliphatic carbocycles. The topological polar surface area (TPSA) is 73.1 Å². The van der Waals surface area contributed by atoms with Crippen LogP contribution in [-0.2, 0) is 6.54 Å². The summed E-state index contributed by atoms with van der Waals surface area (Å²) in [5, 5.41) is 3.27. The minimum atomic E-state index is 0.590. The average Bonchev–Trinajstić information content (AvgIpc) is 2.40. The van der Waals surface area contributed by atoms with Crippen molar-refractivity contribution in [3.8, 4) is 5.88 Å². The highest BCUT2D eigenvalue weighted by atomic mass is 16.5. The quantitative estimate of drug-likeness (QED) is 0.805. The molecule has 3 N–H and O–H groups in total. The molecule has 0 bridgehead atoms. The predicted molar refractivity (Wildman–Crippen MR) is 76.1 cm³/mol. The number of nitrogens with zero attached hydrogens (tertiary/aromatic N) is 2. The maximum absolute atomic E-state index is 5.75. The second kappa shape index (κ2) is 6.04. The summed E-state index contributed by atoms with van der Waals surface area (Å²) in [6.45, 7) is 5.12. The fraction of sp³-hybridized carbons (Fsp3) is 0.286. The molecule has 0 atom stereocenters. The van der Waals surface area contributed by atoms with Gasteiger partial charge in [-0.05, 0) is 31.5 Å². The third kappa shape index (κ3) is 3.34. The van der Waals surface area contributed by atoms with Crippen molar-refractivity contribution in [2.24, 2.45) is 0 Å². The van der Waals surface area contributed by atoms with E-state index in [0.29, 0.717) is 19.0 Å². The van der Waals surface area contributed by atoms with E-state index in [2.05, 4.69) is 15.3 Å². The van der Waals surface area contributed by atoms with Crippen LogP contribution in [-0.4, -0.2) is 16.6 Å². The Balaban J connectivity index is 2.09. The first-order valence-corrected chi connectivity index (χ1v) is 6.23. The van der Waals surface area contributed by atoms with Crippen molar-refractivity contribution in [2.45, 2.75) is 20.4 Å². The highest BCUT2D eigenvalue weighted by Gasteiger charge is 2.07. The van der Waals surface area contributed by atoms with E-state index in [4.69, 9.17) is 10.5 Å². The molecule has 0 saturated heterocycles. The van der Waals surface area contributed by atoms with Gasteiger partial charge in [-0.25, -0.2) is 9.97 Å². The summed E-state index contributed by atoms with van der Waals surface area (Å²) in [6.07, 6.45) is 1.50. The smallest absolute Gasteiger partial charge is 0.221 e. The molecule has 0 spiro atoms. The summed E-state index contributed by atoms with van der Waals surface area (Å²) in [5.41, 5.74) is 8.52. The molecule has 1 aromatic heterocycles. The molecule has 1 aromatic carbocycles. The standard InChI is InChI=1S/C14H18N4O/c1-3-19-14-10(2)13(17-9-18-14)16-8-11-5-4-6-12(15)7-11/h4-7,9H,3,8,15H2,1-2H3,(H,16,17,18). The van der Waals surface area contributed by atoms with Crippen molar-refractivity contribution in [3.63, 3.8) is 0 Å². The van der Waals surface area contributed by atoms with Crippen molar-refractivity contribution in [3.05, 3.63) is 41.7 Å². The number of nitrogen functional groups attached to an aromatic ring is 1. The van der Waals surface area contributed by atoms with Gasteiger partial charge in [0.05, 0.1) is 12.2 Å². The lowest BCUT2D eigenvalue weighted by molar-refractivity contribution is 0.324. The zero-order valence-corrected chi connectivity index (χ0v) is 11.2. The Kier molecular flexibility index (Phi) is 4.18. The van der Waals surface area contributed by atoms with Crippen LogP contribution < -0.4 is 15.8 Å². The summed E-state index contributed by atoms with van der Waals surface area (Å²) in [7, 11) is 0. The summed E-state index contributed by atoms with van der Waals surface area (Å²) in [5.74, 6) is 1.40. The average molecular weight is 258 g/mol. The van der Waals surface area contributed by atoms with Crippen LogP contribution in [0.3, 0.4) is 0 Å². The SMILES string of the molecule is CCOc1ncnc(NCc2cccc(N)c2)c1C. The summed E-state index contributed by atoms with van der Waals surface area (Å²) in [4.78, 5) is 8.33. The van der Waals surface area contributed by atoms with E-state index in [1.165, 1.54) is 6.33 Å². The largest absolute Gasteiger partial charge is 0.478 e. The zero-order chi connectivity index (χ0) is 13.7. The summed E-state index contributed by atoms with van der Waals surface area (Å²) in [6, 6.07) is 7.76. The molecule has 2 aromatic rings. The van der Waals surface area contributed by atoms with Crippen LogP contribution in [0.25, 0.3) is 0 Å². The molecule has 5 heteroatoms. The van der Waals surface area contributed by atoms with Gasteiger partial charge in [0.2, 0.25) is 5.88 Å². The van der Waals surface area contributed by atoms with E-state index in [9.17, 15) is 0 Å². The van der Waals surface area contributed by atoms with Gasteiger partial charge in [-0.2, -0.15) is 0 Å². The normalized spacial score (nSPS) is 10.2. The van der Waals surface area contributed by atoms with Gasteiger partial charge in [-0.3, -0.25) is 0 Å². The number of anilines is 2. The van der Waals surface area contributed by atoms with Crippen LogP contribution >= 0.6 is 0 Å². The first-order valence-electron chi connectivity index (χ1n) is 6.23. The zero-order valence-electron chi connectivity index (χ0n) is 11.2. The van der Waals surface area contributed by atoms with E-state index in [1.54, 1.807) is 0 Å². The van der Waals surface area contributed by atoms with Gasteiger partial charge in [0.15, 0.2) is 0 Å². The van der Waals surface area contributed by atoms with Crippen LogP contribution in [0.1, 0.15) is 18.1 Å². The number of ether oxygens (including phenoxy) is 1. The molecule has 0 aliphatic rings. The maximum atomic E-state index is 5.75. The molecule has 0 saturated carbocycles. The predicted octanol–water partition coefficient (Wildman–Crippen LogP) is 2.38. The van der Waals surface area contributed by atoms with E-state index in [1.807, 2.05) is 38.1 Å². The molecular weight excluding hydrogens is 240 g/mol. The van der Waals surface area contributed by atoms with Gasteiger partial charge >= 0.3 is 0 Å². The molecule has 100 valence electrons. The number of hydrogen-bond acceptors (Lipinski definition) is 5. The van der Waals surface area contributed by atoms with Crippen LogP contribution in [0.4, 0.5) is 11.5 Å². The Morgan fingerprint density at radius 2 is 2.16 bits per heavy atom. The molecule has 0 aliphatic heterocycles. The highest BCUT2D eigenvalue weighted by molar-refractivity contribution is 5.49. The molecule has 1 heterocycles. The van der Waals surface area contributed by atoms with Crippen LogP contribution in [0.2, 0.25) is 0 Å². The van der Waals surface area contributed by atoms with Gasteiger partial charge in [0.25, 0.3) is 0 Å². The Hall–Kier alpha value is -2.30. The first kappa shape index (κ1) is 13.1. The number of nitrogens with two attached hydrogens (primary N) is 1. The van der Waals surface area contributed by atoms with Gasteiger partial charge in [-0.15, -0.1) is 0 Å². The number of aromatic nitrogens is 2. The lowest BCUT2D eigenvalue weighted by Crippen LogP contribution is -2.06. The number of hydrogen-bond donors (Lipinski definition) is 2. The van der Waals surface area contributed by atoms with E-state index in [0.717, 1.165) is 22.6 Å². The lowest BCUT2D eigenvalue weighted by atomic mass is 10.2. The number of benzene rings is 1. The Labute approximate surface area is 112 Å². The van der Waals surface area contributed by atoms with Crippen molar-refractivity contribution < 1.29 is 4.74 Å². The highest BCUT2D eigenvalue weighted by Crippen LogP contribution is 2.21. The van der Waals surface area contributed by atoms with Gasteiger partial charge < -0.3 is 15.8 Å².